The Kier molecular flexibility index (Phi) is 3.69. The van der Waals surface area contributed by atoms with E-state index in [1.165, 1.54) is 32.4 Å². The minimum atomic E-state index is 0.634. The Morgan fingerprint density at radius 2 is 1.94 bits per heavy atom. The average Bonchev–Trinajstić information content (AvgIpc) is 2.79. The smallest absolute Gasteiger partial charge is 0.0594 e. The number of rotatable bonds is 5. The lowest BCUT2D eigenvalue weighted by Gasteiger charge is -2.29. The van der Waals surface area contributed by atoms with Crippen molar-refractivity contribution < 1.29 is 4.74 Å². The molecule has 1 aliphatic heterocycles. The third-order valence-electron chi connectivity index (χ3n) is 4.92. The molecule has 1 heterocycles. The quantitative estimate of drug-likeness (QED) is 0.782. The van der Waals surface area contributed by atoms with E-state index in [2.05, 4.69) is 17.1 Å². The largest absolute Gasteiger partial charge is 0.379 e. The molecule has 3 unspecified atom stereocenters. The fourth-order valence-electron chi connectivity index (χ4n) is 3.85. The number of ether oxygens (including phenoxy) is 1. The predicted octanol–water partition coefficient (Wildman–Crippen LogP) is 1.34. The molecule has 98 valence electrons. The van der Waals surface area contributed by atoms with E-state index < -0.39 is 0 Å². The Morgan fingerprint density at radius 1 is 1.24 bits per heavy atom. The number of fused-ring (bicyclic) bond motifs is 1. The summed E-state index contributed by atoms with van der Waals surface area (Å²) in [5, 5.41) is 3.74. The molecule has 3 rings (SSSR count). The van der Waals surface area contributed by atoms with Crippen LogP contribution in [0.15, 0.2) is 0 Å². The van der Waals surface area contributed by atoms with Crippen molar-refractivity contribution >= 4 is 0 Å². The number of morpholine rings is 1. The maximum absolute atomic E-state index is 5.38. The summed E-state index contributed by atoms with van der Waals surface area (Å²) in [6, 6.07) is 0.634. The van der Waals surface area contributed by atoms with Crippen molar-refractivity contribution in [3.63, 3.8) is 0 Å². The van der Waals surface area contributed by atoms with Crippen molar-refractivity contribution in [1.82, 2.24) is 10.2 Å². The lowest BCUT2D eigenvalue weighted by atomic mass is 10.1. The first kappa shape index (κ1) is 11.9. The Hall–Kier alpha value is -0.120. The van der Waals surface area contributed by atoms with Gasteiger partial charge in [0.05, 0.1) is 13.2 Å². The lowest BCUT2D eigenvalue weighted by molar-refractivity contribution is 0.0343. The summed E-state index contributed by atoms with van der Waals surface area (Å²) < 4.78 is 5.38. The molecule has 0 aromatic heterocycles. The second kappa shape index (κ2) is 5.25. The van der Waals surface area contributed by atoms with Gasteiger partial charge < -0.3 is 10.1 Å². The number of nitrogens with one attached hydrogen (secondary N) is 1. The van der Waals surface area contributed by atoms with Crippen molar-refractivity contribution in [2.24, 2.45) is 17.8 Å². The van der Waals surface area contributed by atoms with E-state index in [-0.39, 0.29) is 0 Å². The Morgan fingerprint density at radius 3 is 2.65 bits per heavy atom. The van der Waals surface area contributed by atoms with Gasteiger partial charge in [-0.2, -0.15) is 0 Å². The molecule has 1 saturated heterocycles. The van der Waals surface area contributed by atoms with E-state index in [1.54, 1.807) is 0 Å². The van der Waals surface area contributed by atoms with E-state index in [4.69, 9.17) is 4.74 Å². The molecule has 1 N–H and O–H groups in total. The maximum atomic E-state index is 5.38. The van der Waals surface area contributed by atoms with Gasteiger partial charge in [-0.05, 0) is 44.1 Å². The molecular weight excluding hydrogens is 212 g/mol. The lowest BCUT2D eigenvalue weighted by Crippen LogP contribution is -2.45. The zero-order valence-corrected chi connectivity index (χ0v) is 11.0. The topological polar surface area (TPSA) is 24.5 Å². The van der Waals surface area contributed by atoms with Gasteiger partial charge in [-0.3, -0.25) is 4.90 Å². The summed E-state index contributed by atoms with van der Waals surface area (Å²) in [6.45, 7) is 8.83. The molecule has 3 fully saturated rings. The molecule has 2 saturated carbocycles. The van der Waals surface area contributed by atoms with Crippen LogP contribution >= 0.6 is 0 Å². The van der Waals surface area contributed by atoms with Crippen LogP contribution in [0.25, 0.3) is 0 Å². The highest BCUT2D eigenvalue weighted by Gasteiger charge is 2.51. The Labute approximate surface area is 105 Å². The van der Waals surface area contributed by atoms with Gasteiger partial charge in [-0.1, -0.05) is 6.42 Å². The zero-order valence-electron chi connectivity index (χ0n) is 11.0. The first-order chi connectivity index (χ1) is 8.34. The van der Waals surface area contributed by atoms with Gasteiger partial charge in [0.15, 0.2) is 0 Å². The summed E-state index contributed by atoms with van der Waals surface area (Å²) in [4.78, 5) is 2.52. The number of nitrogens with zero attached hydrogens (tertiary/aromatic N) is 1. The number of hydrogen-bond acceptors (Lipinski definition) is 3. The van der Waals surface area contributed by atoms with E-state index >= 15 is 0 Å². The first-order valence-corrected chi connectivity index (χ1v) is 7.38. The van der Waals surface area contributed by atoms with Crippen LogP contribution in [0.2, 0.25) is 0 Å². The minimum Gasteiger partial charge on any atom is -0.379 e. The molecule has 3 aliphatic rings. The van der Waals surface area contributed by atoms with Crippen LogP contribution in [0.5, 0.6) is 0 Å². The molecule has 2 aliphatic carbocycles. The van der Waals surface area contributed by atoms with Gasteiger partial charge in [0, 0.05) is 25.7 Å². The fraction of sp³-hybridized carbons (Fsp3) is 1.00. The maximum Gasteiger partial charge on any atom is 0.0594 e. The highest BCUT2D eigenvalue weighted by Crippen LogP contribution is 2.57. The molecule has 0 amide bonds. The monoisotopic (exact) mass is 238 g/mol. The summed E-state index contributed by atoms with van der Waals surface area (Å²) in [5.41, 5.74) is 0. The predicted molar refractivity (Wildman–Crippen MR) is 69.0 cm³/mol. The van der Waals surface area contributed by atoms with Gasteiger partial charge in [0.1, 0.15) is 0 Å². The van der Waals surface area contributed by atoms with Crippen LogP contribution in [0, 0.1) is 17.8 Å². The molecule has 0 aromatic rings. The van der Waals surface area contributed by atoms with Crippen molar-refractivity contribution in [3.05, 3.63) is 0 Å². The molecule has 3 heteroatoms. The van der Waals surface area contributed by atoms with E-state index in [0.717, 1.165) is 44.1 Å². The van der Waals surface area contributed by atoms with E-state index in [0.29, 0.717) is 6.04 Å². The standard InChI is InChI=1S/C14H26N2O/c1-11(10-16-5-7-17-8-6-16)15-9-14-12-3-2-4-13(12)14/h11-15H,2-10H2,1H3. The van der Waals surface area contributed by atoms with Crippen molar-refractivity contribution in [3.8, 4) is 0 Å². The summed E-state index contributed by atoms with van der Waals surface area (Å²) in [6.07, 6.45) is 4.51. The normalized spacial score (nSPS) is 39.0. The Bertz CT molecular complexity index is 243. The molecule has 0 spiro atoms. The van der Waals surface area contributed by atoms with Crippen LogP contribution in [0.3, 0.4) is 0 Å². The average molecular weight is 238 g/mol. The summed E-state index contributed by atoms with van der Waals surface area (Å²) in [5.74, 6) is 3.21. The van der Waals surface area contributed by atoms with Crippen LogP contribution in [0.4, 0.5) is 0 Å². The first-order valence-electron chi connectivity index (χ1n) is 7.38. The summed E-state index contributed by atoms with van der Waals surface area (Å²) in [7, 11) is 0. The van der Waals surface area contributed by atoms with E-state index in [1.807, 2.05) is 0 Å². The molecule has 0 bridgehead atoms. The van der Waals surface area contributed by atoms with Crippen LogP contribution in [0.1, 0.15) is 26.2 Å². The van der Waals surface area contributed by atoms with Crippen molar-refractivity contribution in [1.29, 1.82) is 0 Å². The third kappa shape index (κ3) is 2.83. The molecule has 3 atom stereocenters. The van der Waals surface area contributed by atoms with E-state index in [9.17, 15) is 0 Å². The molecule has 0 aromatic carbocycles. The highest BCUT2D eigenvalue weighted by molar-refractivity contribution is 5.02. The molecule has 3 nitrogen and oxygen atoms in total. The van der Waals surface area contributed by atoms with Crippen LogP contribution < -0.4 is 5.32 Å². The fourth-order valence-corrected chi connectivity index (χ4v) is 3.85. The van der Waals surface area contributed by atoms with Crippen LogP contribution in [-0.4, -0.2) is 50.3 Å². The third-order valence-corrected chi connectivity index (χ3v) is 4.92. The van der Waals surface area contributed by atoms with Crippen LogP contribution in [-0.2, 0) is 4.74 Å². The highest BCUT2D eigenvalue weighted by atomic mass is 16.5. The zero-order chi connectivity index (χ0) is 11.7. The molecule has 0 radical (unpaired) electrons. The second-order valence-electron chi connectivity index (χ2n) is 6.14. The molecular formula is C14H26N2O. The van der Waals surface area contributed by atoms with Crippen molar-refractivity contribution in [2.45, 2.75) is 32.2 Å². The van der Waals surface area contributed by atoms with Gasteiger partial charge in [0.2, 0.25) is 0 Å². The SMILES string of the molecule is CC(CN1CCOCC1)NCC1C2CCCC21. The van der Waals surface area contributed by atoms with Gasteiger partial charge >= 0.3 is 0 Å². The van der Waals surface area contributed by atoms with Gasteiger partial charge in [0.25, 0.3) is 0 Å². The van der Waals surface area contributed by atoms with Crippen molar-refractivity contribution in [2.75, 3.05) is 39.4 Å². The Balaban J connectivity index is 1.32. The number of hydrogen-bond donors (Lipinski definition) is 1. The molecule has 17 heavy (non-hydrogen) atoms. The summed E-state index contributed by atoms with van der Waals surface area (Å²) >= 11 is 0. The van der Waals surface area contributed by atoms with Gasteiger partial charge in [-0.15, -0.1) is 0 Å². The second-order valence-corrected chi connectivity index (χ2v) is 6.14. The minimum absolute atomic E-state index is 0.634. The van der Waals surface area contributed by atoms with Gasteiger partial charge in [-0.25, -0.2) is 0 Å².